The summed E-state index contributed by atoms with van der Waals surface area (Å²) in [5.41, 5.74) is 0. The summed E-state index contributed by atoms with van der Waals surface area (Å²) in [5, 5.41) is 12.0. The molecule has 1 fully saturated rings. The van der Waals surface area contributed by atoms with Crippen LogP contribution in [0.2, 0.25) is 0 Å². The van der Waals surface area contributed by atoms with Crippen LogP contribution in [0, 0.1) is 29.6 Å². The average Bonchev–Trinajstić information content (AvgIpc) is 2.42. The Morgan fingerprint density at radius 1 is 0.667 bits per heavy atom. The number of hydrogen-bond acceptors (Lipinski definition) is 3. The molecular weight excluding hydrogens is 300 g/mol. The third kappa shape index (κ3) is 5.53. The van der Waals surface area contributed by atoms with Gasteiger partial charge in [-0.1, -0.05) is 34.6 Å². The quantitative estimate of drug-likeness (QED) is 0.409. The monoisotopic (exact) mass is 319 g/mol. The maximum atomic E-state index is 8.26. The van der Waals surface area contributed by atoms with E-state index in [1.165, 1.54) is 29.6 Å². The van der Waals surface area contributed by atoms with Gasteiger partial charge in [-0.05, 0) is 29.6 Å². The normalized spacial score (nSPS) is 19.7. The molecule has 1 saturated carbocycles. The zero-order chi connectivity index (χ0) is 11.9. The Bertz CT molecular complexity index is 104. The van der Waals surface area contributed by atoms with Gasteiger partial charge in [0.05, 0.1) is 0 Å². The molecule has 89 valence electrons. The van der Waals surface area contributed by atoms with Gasteiger partial charge in [-0.25, -0.2) is 0 Å². The Hall–Kier alpha value is 0.698. The first-order valence-corrected chi connectivity index (χ1v) is 4.94. The van der Waals surface area contributed by atoms with Crippen molar-refractivity contribution in [3.8, 4) is 0 Å². The van der Waals surface area contributed by atoms with Crippen molar-refractivity contribution in [3.63, 3.8) is 0 Å². The van der Waals surface area contributed by atoms with E-state index in [0.29, 0.717) is 19.8 Å². The van der Waals surface area contributed by atoms with Gasteiger partial charge in [0, 0.05) is 0 Å². The van der Waals surface area contributed by atoms with Crippen LogP contribution in [0.3, 0.4) is 0 Å². The van der Waals surface area contributed by atoms with Crippen LogP contribution in [0.5, 0.6) is 0 Å². The van der Waals surface area contributed by atoms with E-state index in [1.807, 2.05) is 0 Å². The third-order valence-electron chi connectivity index (χ3n) is 2.81. The number of halogens is 1. The summed E-state index contributed by atoms with van der Waals surface area (Å²) >= 11 is 0.700. The van der Waals surface area contributed by atoms with Gasteiger partial charge in [0.1, 0.15) is 0 Å². The fourth-order valence-corrected chi connectivity index (χ4v) is 1.41. The molecule has 5 heteroatoms. The molecule has 5 radical (unpaired) electrons. The Morgan fingerprint density at radius 2 is 0.733 bits per heavy atom. The van der Waals surface area contributed by atoms with Gasteiger partial charge < -0.3 is 0 Å². The van der Waals surface area contributed by atoms with E-state index < -0.39 is 0 Å². The van der Waals surface area contributed by atoms with E-state index in [-0.39, 0.29) is 12.4 Å². The van der Waals surface area contributed by atoms with Gasteiger partial charge in [0.15, 0.2) is 0 Å². The number of hydrogen-bond donors (Lipinski definition) is 2. The molecule has 1 aliphatic rings. The van der Waals surface area contributed by atoms with Crippen LogP contribution in [0.4, 0.5) is 0 Å². The zero-order valence-electron chi connectivity index (χ0n) is 9.62. The fraction of sp³-hybridized carbons (Fsp3) is 0.500. The predicted molar refractivity (Wildman–Crippen MR) is 57.8 cm³/mol. The van der Waals surface area contributed by atoms with Gasteiger partial charge in [-0.15, -0.1) is 12.4 Å². The Morgan fingerprint density at radius 3 is 0.800 bits per heavy atom. The van der Waals surface area contributed by atoms with Crippen LogP contribution in [0.25, 0.3) is 0 Å². The molecule has 1 aliphatic carbocycles. The van der Waals surface area contributed by atoms with Crippen molar-refractivity contribution in [2.75, 3.05) is 0 Å². The molecule has 0 aliphatic heterocycles. The topological polar surface area (TPSA) is 57.5 Å². The molecule has 0 aromatic carbocycles. The average molecular weight is 318 g/mol. The second-order valence-electron chi connectivity index (χ2n) is 3.12. The fourth-order valence-electron chi connectivity index (χ4n) is 1.41. The minimum atomic E-state index is 0. The van der Waals surface area contributed by atoms with E-state index in [4.69, 9.17) is 13.9 Å². The van der Waals surface area contributed by atoms with Crippen molar-refractivity contribution < 1.29 is 33.7 Å². The van der Waals surface area contributed by atoms with E-state index in [1.54, 1.807) is 0 Å². The Kier molecular flexibility index (Phi) is 15.7. The van der Waals surface area contributed by atoms with E-state index >= 15 is 0 Å². The summed E-state index contributed by atoms with van der Waals surface area (Å²) < 4.78 is 8.26. The van der Waals surface area contributed by atoms with Crippen molar-refractivity contribution in [1.82, 2.24) is 0 Å². The summed E-state index contributed by atoms with van der Waals surface area (Å²) in [7, 11) is 0. The first kappa shape index (κ1) is 21.0. The Labute approximate surface area is 110 Å². The van der Waals surface area contributed by atoms with Gasteiger partial charge in [0.2, 0.25) is 0 Å². The van der Waals surface area contributed by atoms with Gasteiger partial charge >= 0.3 is 23.2 Å². The molecule has 0 bridgehead atoms. The first-order valence-electron chi connectivity index (χ1n) is 4.12. The molecule has 0 aromatic rings. The molecule has 0 saturated heterocycles. The maximum absolute atomic E-state index is 8.26. The summed E-state index contributed by atoms with van der Waals surface area (Å²) in [6.07, 6.45) is 0. The second kappa shape index (κ2) is 11.2. The first-order chi connectivity index (χ1) is 6.55. The second-order valence-corrected chi connectivity index (χ2v) is 3.12. The van der Waals surface area contributed by atoms with Gasteiger partial charge in [-0.3, -0.25) is 10.5 Å². The minimum absolute atomic E-state index is 0. The van der Waals surface area contributed by atoms with Crippen LogP contribution < -0.4 is 0 Å². The summed E-state index contributed by atoms with van der Waals surface area (Å²) in [4.78, 5) is 0. The molecule has 0 unspecified atom stereocenters. The molecule has 0 amide bonds. The van der Waals surface area contributed by atoms with E-state index in [0.717, 1.165) is 0 Å². The zero-order valence-corrected chi connectivity index (χ0v) is 12.4. The molecule has 2 N–H and O–H groups in total. The summed E-state index contributed by atoms with van der Waals surface area (Å²) in [6.45, 7) is 11.0. The van der Waals surface area contributed by atoms with Crippen molar-refractivity contribution in [3.05, 3.63) is 29.6 Å². The molecule has 0 aromatic heterocycles. The standard InChI is InChI=1S/C10H15.ClH.Mo.H2O2.O/c1-6-7(2)9(4)10(5)8(6)3;;;1-2;/h1-5H3;1H;;1-2H;. The molecule has 0 spiro atoms. The molecular formula is C10H18ClMoO3. The van der Waals surface area contributed by atoms with Crippen LogP contribution in [-0.2, 0) is 23.2 Å². The van der Waals surface area contributed by atoms with Gasteiger partial charge in [0.25, 0.3) is 0 Å². The van der Waals surface area contributed by atoms with Crippen molar-refractivity contribution in [1.29, 1.82) is 0 Å². The van der Waals surface area contributed by atoms with Crippen molar-refractivity contribution >= 4 is 12.4 Å². The Balaban J connectivity index is -0.000000258. The SMILES string of the molecule is C[C]1[C](C)[C](C)[C](C)[C]1C.Cl.OO.[O]=[Mo]. The number of rotatable bonds is 0. The third-order valence-corrected chi connectivity index (χ3v) is 2.81. The molecule has 0 atom stereocenters. The van der Waals surface area contributed by atoms with Crippen molar-refractivity contribution in [2.24, 2.45) is 0 Å². The molecule has 1 rings (SSSR count). The predicted octanol–water partition coefficient (Wildman–Crippen LogP) is 3.29. The van der Waals surface area contributed by atoms with E-state index in [2.05, 4.69) is 34.6 Å². The van der Waals surface area contributed by atoms with Crippen LogP contribution in [0.15, 0.2) is 0 Å². The molecule has 3 nitrogen and oxygen atoms in total. The van der Waals surface area contributed by atoms with Crippen LogP contribution >= 0.6 is 12.4 Å². The van der Waals surface area contributed by atoms with Crippen LogP contribution in [-0.4, -0.2) is 10.5 Å². The molecule has 0 heterocycles. The van der Waals surface area contributed by atoms with Crippen LogP contribution in [0.1, 0.15) is 34.6 Å². The molecule has 15 heavy (non-hydrogen) atoms. The summed E-state index contributed by atoms with van der Waals surface area (Å²) in [5.74, 6) is 7.34. The van der Waals surface area contributed by atoms with Crippen molar-refractivity contribution in [2.45, 2.75) is 34.6 Å². The van der Waals surface area contributed by atoms with Gasteiger partial charge in [-0.2, -0.15) is 0 Å². The summed E-state index contributed by atoms with van der Waals surface area (Å²) in [6, 6.07) is 0. The van der Waals surface area contributed by atoms with E-state index in [9.17, 15) is 0 Å².